The first-order chi connectivity index (χ1) is 11.8. The summed E-state index contributed by atoms with van der Waals surface area (Å²) < 4.78 is 50.0. The van der Waals surface area contributed by atoms with E-state index >= 15 is 0 Å². The van der Waals surface area contributed by atoms with Crippen molar-refractivity contribution in [2.45, 2.75) is 17.0 Å². The van der Waals surface area contributed by atoms with E-state index in [1.165, 1.54) is 0 Å². The van der Waals surface area contributed by atoms with Gasteiger partial charge in [0.25, 0.3) is 0 Å². The first-order valence-electron chi connectivity index (χ1n) is 7.87. The number of sulfonamides is 1. The van der Waals surface area contributed by atoms with Crippen molar-refractivity contribution in [2.75, 3.05) is 24.6 Å². The fourth-order valence-electron chi connectivity index (χ4n) is 2.88. The number of rotatable bonds is 6. The van der Waals surface area contributed by atoms with Gasteiger partial charge in [0, 0.05) is 19.1 Å². The Morgan fingerprint density at radius 3 is 2.44 bits per heavy atom. The standard InChI is InChI=1S/C16H20N2O5S2/c19-16-11-24(20,21)10-15(16)17-7-8-18-25(22,23)14-6-5-12-3-1-2-4-13(12)9-14/h1-6,9,15-19H,7-8,10-11H2/t15-,16+/m1/s1. The summed E-state index contributed by atoms with van der Waals surface area (Å²) in [6.45, 7) is 0.322. The molecule has 136 valence electrons. The summed E-state index contributed by atoms with van der Waals surface area (Å²) in [5.74, 6) is -0.390. The minimum absolute atomic E-state index is 0.0957. The van der Waals surface area contributed by atoms with Crippen molar-refractivity contribution >= 4 is 30.6 Å². The molecule has 0 radical (unpaired) electrons. The van der Waals surface area contributed by atoms with Crippen LogP contribution in [0.5, 0.6) is 0 Å². The summed E-state index contributed by atoms with van der Waals surface area (Å²) in [5.41, 5.74) is 0. The predicted octanol–water partition coefficient (Wildman–Crippen LogP) is -0.134. The van der Waals surface area contributed by atoms with Gasteiger partial charge in [0.2, 0.25) is 10.0 Å². The Morgan fingerprint density at radius 1 is 1.04 bits per heavy atom. The molecule has 1 aliphatic rings. The van der Waals surface area contributed by atoms with E-state index in [9.17, 15) is 21.9 Å². The minimum Gasteiger partial charge on any atom is -0.390 e. The topological polar surface area (TPSA) is 113 Å². The van der Waals surface area contributed by atoms with Gasteiger partial charge in [0.15, 0.2) is 9.84 Å². The molecule has 2 atom stereocenters. The van der Waals surface area contributed by atoms with Gasteiger partial charge in [-0.05, 0) is 22.9 Å². The molecule has 1 heterocycles. The van der Waals surface area contributed by atoms with Crippen LogP contribution < -0.4 is 10.0 Å². The molecule has 0 aromatic heterocycles. The maximum atomic E-state index is 12.4. The number of hydrogen-bond acceptors (Lipinski definition) is 6. The Morgan fingerprint density at radius 2 is 1.76 bits per heavy atom. The summed E-state index contributed by atoms with van der Waals surface area (Å²) in [6.07, 6.45) is -0.956. The average Bonchev–Trinajstić information content (AvgIpc) is 2.83. The molecule has 9 heteroatoms. The third-order valence-corrected chi connectivity index (χ3v) is 7.35. The third kappa shape index (κ3) is 4.36. The molecule has 1 aliphatic heterocycles. The number of sulfone groups is 1. The smallest absolute Gasteiger partial charge is 0.240 e. The summed E-state index contributed by atoms with van der Waals surface area (Å²) in [4.78, 5) is 0.176. The molecule has 2 aromatic rings. The summed E-state index contributed by atoms with van der Waals surface area (Å²) >= 11 is 0. The highest BCUT2D eigenvalue weighted by Crippen LogP contribution is 2.18. The fourth-order valence-corrected chi connectivity index (χ4v) is 5.73. The Hall–Kier alpha value is -1.52. The number of aliphatic hydroxyl groups is 1. The van der Waals surface area contributed by atoms with Gasteiger partial charge in [-0.15, -0.1) is 0 Å². The normalized spacial score (nSPS) is 23.1. The molecule has 0 spiro atoms. The number of fused-ring (bicyclic) bond motifs is 1. The summed E-state index contributed by atoms with van der Waals surface area (Å²) in [7, 11) is -6.88. The second-order valence-corrected chi connectivity index (χ2v) is 10.0. The molecule has 1 saturated heterocycles. The van der Waals surface area contributed by atoms with Crippen molar-refractivity contribution in [1.82, 2.24) is 10.0 Å². The summed E-state index contributed by atoms with van der Waals surface area (Å²) in [6, 6.07) is 11.8. The molecule has 3 N–H and O–H groups in total. The molecule has 25 heavy (non-hydrogen) atoms. The van der Waals surface area contributed by atoms with Gasteiger partial charge in [-0.25, -0.2) is 21.6 Å². The molecule has 0 amide bonds. The molecule has 2 aromatic carbocycles. The molecular weight excluding hydrogens is 364 g/mol. The van der Waals surface area contributed by atoms with E-state index in [0.29, 0.717) is 0 Å². The van der Waals surface area contributed by atoms with Crippen LogP contribution in [0.25, 0.3) is 10.8 Å². The molecular formula is C16H20N2O5S2. The lowest BCUT2D eigenvalue weighted by Gasteiger charge is -2.15. The molecule has 0 aliphatic carbocycles. The van der Waals surface area contributed by atoms with Gasteiger partial charge in [-0.2, -0.15) is 0 Å². The van der Waals surface area contributed by atoms with E-state index in [1.54, 1.807) is 18.2 Å². The van der Waals surface area contributed by atoms with Gasteiger partial charge in [0.05, 0.1) is 22.5 Å². The molecule has 0 unspecified atom stereocenters. The predicted molar refractivity (Wildman–Crippen MR) is 95.6 cm³/mol. The number of hydrogen-bond donors (Lipinski definition) is 3. The zero-order valence-electron chi connectivity index (χ0n) is 13.4. The van der Waals surface area contributed by atoms with Gasteiger partial charge >= 0.3 is 0 Å². The first-order valence-corrected chi connectivity index (χ1v) is 11.2. The second kappa shape index (κ2) is 7.00. The minimum atomic E-state index is -3.65. The fraction of sp³-hybridized carbons (Fsp3) is 0.375. The number of aliphatic hydroxyl groups excluding tert-OH is 1. The lowest BCUT2D eigenvalue weighted by Crippen LogP contribution is -2.42. The Balaban J connectivity index is 1.58. The second-order valence-electron chi connectivity index (χ2n) is 6.11. The number of benzene rings is 2. The van der Waals surface area contributed by atoms with Crippen LogP contribution in [-0.4, -0.2) is 58.7 Å². The van der Waals surface area contributed by atoms with Crippen LogP contribution in [0, 0.1) is 0 Å². The zero-order chi connectivity index (χ0) is 18.1. The third-order valence-electron chi connectivity index (χ3n) is 4.18. The number of nitrogens with one attached hydrogen (secondary N) is 2. The van der Waals surface area contributed by atoms with E-state index in [0.717, 1.165) is 10.8 Å². The van der Waals surface area contributed by atoms with Crippen molar-refractivity contribution in [3.63, 3.8) is 0 Å². The van der Waals surface area contributed by atoms with Crippen LogP contribution in [0.3, 0.4) is 0 Å². The molecule has 0 saturated carbocycles. The largest absolute Gasteiger partial charge is 0.390 e. The maximum absolute atomic E-state index is 12.4. The van der Waals surface area contributed by atoms with Crippen LogP contribution >= 0.6 is 0 Å². The lowest BCUT2D eigenvalue weighted by atomic mass is 10.1. The van der Waals surface area contributed by atoms with Crippen LogP contribution in [0.15, 0.2) is 47.4 Å². The monoisotopic (exact) mass is 384 g/mol. The highest BCUT2D eigenvalue weighted by Gasteiger charge is 2.35. The molecule has 0 bridgehead atoms. The Bertz CT molecular complexity index is 973. The summed E-state index contributed by atoms with van der Waals surface area (Å²) in [5, 5.41) is 14.4. The van der Waals surface area contributed by atoms with Crippen molar-refractivity contribution in [3.05, 3.63) is 42.5 Å². The molecule has 1 fully saturated rings. The van der Waals surface area contributed by atoms with Crippen molar-refractivity contribution in [1.29, 1.82) is 0 Å². The quantitative estimate of drug-likeness (QED) is 0.598. The van der Waals surface area contributed by atoms with Crippen molar-refractivity contribution in [3.8, 4) is 0 Å². The molecule has 3 rings (SSSR count). The van der Waals surface area contributed by atoms with Crippen LogP contribution in [0.4, 0.5) is 0 Å². The van der Waals surface area contributed by atoms with Crippen LogP contribution in [0.2, 0.25) is 0 Å². The van der Waals surface area contributed by atoms with Crippen LogP contribution in [0.1, 0.15) is 0 Å². The maximum Gasteiger partial charge on any atom is 0.240 e. The zero-order valence-corrected chi connectivity index (χ0v) is 15.1. The van der Waals surface area contributed by atoms with E-state index in [2.05, 4.69) is 10.0 Å². The van der Waals surface area contributed by atoms with Gasteiger partial charge < -0.3 is 10.4 Å². The van der Waals surface area contributed by atoms with Gasteiger partial charge in [-0.3, -0.25) is 0 Å². The Kier molecular flexibility index (Phi) is 5.12. The van der Waals surface area contributed by atoms with E-state index in [4.69, 9.17) is 0 Å². The van der Waals surface area contributed by atoms with Gasteiger partial charge in [-0.1, -0.05) is 30.3 Å². The van der Waals surface area contributed by atoms with Crippen molar-refractivity contribution in [2.24, 2.45) is 0 Å². The molecule has 7 nitrogen and oxygen atoms in total. The Labute approximate surface area is 147 Å². The first kappa shape index (κ1) is 18.3. The van der Waals surface area contributed by atoms with E-state index in [1.807, 2.05) is 24.3 Å². The van der Waals surface area contributed by atoms with Crippen molar-refractivity contribution < 1.29 is 21.9 Å². The lowest BCUT2D eigenvalue weighted by molar-refractivity contribution is 0.166. The van der Waals surface area contributed by atoms with E-state index in [-0.39, 0.29) is 29.5 Å². The van der Waals surface area contributed by atoms with E-state index < -0.39 is 32.0 Å². The highest BCUT2D eigenvalue weighted by atomic mass is 32.2. The highest BCUT2D eigenvalue weighted by molar-refractivity contribution is 7.91. The van der Waals surface area contributed by atoms with Gasteiger partial charge in [0.1, 0.15) is 0 Å². The SMILES string of the molecule is O=S1(=O)C[C@H](O)[C@H](NCCNS(=O)(=O)c2ccc3ccccc3c2)C1. The van der Waals surface area contributed by atoms with Crippen LogP contribution in [-0.2, 0) is 19.9 Å². The average molecular weight is 384 g/mol.